The molecular formula is C21H25N3O4. The van der Waals surface area contributed by atoms with E-state index in [-0.39, 0.29) is 18.9 Å². The Hall–Kier alpha value is -2.93. The highest BCUT2D eigenvalue weighted by Crippen LogP contribution is 2.36. The standard InChI is InChI=1S/C21H25N3O4/c22-18-9-8-16(13-23-18)19(26)24-12-10-17(25)21(14-24,20(27)28)11-4-7-15-5-2-1-3-6-15/h1-3,5-6,8-9,13,17,25H,4,7,10-12,14H2,(H2,22,23)(H,27,28)/t17-,21-/m1/s1. The van der Waals surface area contributed by atoms with Gasteiger partial charge in [-0.05, 0) is 43.4 Å². The van der Waals surface area contributed by atoms with Crippen LogP contribution in [0.5, 0.6) is 0 Å². The number of carbonyl (C=O) groups is 2. The lowest BCUT2D eigenvalue weighted by atomic mass is 9.73. The first-order chi connectivity index (χ1) is 13.4. The molecule has 1 aromatic heterocycles. The summed E-state index contributed by atoms with van der Waals surface area (Å²) in [5, 5.41) is 20.5. The number of carboxylic acids is 1. The Morgan fingerprint density at radius 3 is 2.61 bits per heavy atom. The molecule has 2 heterocycles. The van der Waals surface area contributed by atoms with Crippen molar-refractivity contribution in [2.45, 2.75) is 31.8 Å². The average Bonchev–Trinajstić information content (AvgIpc) is 2.70. The summed E-state index contributed by atoms with van der Waals surface area (Å²) in [5.41, 5.74) is 5.67. The smallest absolute Gasteiger partial charge is 0.314 e. The molecule has 148 valence electrons. The van der Waals surface area contributed by atoms with Gasteiger partial charge in [0.2, 0.25) is 0 Å². The van der Waals surface area contributed by atoms with Gasteiger partial charge in [-0.1, -0.05) is 30.3 Å². The van der Waals surface area contributed by atoms with Gasteiger partial charge < -0.3 is 20.8 Å². The van der Waals surface area contributed by atoms with Crippen molar-refractivity contribution in [2.75, 3.05) is 18.8 Å². The van der Waals surface area contributed by atoms with Crippen molar-refractivity contribution in [3.05, 3.63) is 59.8 Å². The van der Waals surface area contributed by atoms with Crippen molar-refractivity contribution < 1.29 is 19.8 Å². The van der Waals surface area contributed by atoms with Gasteiger partial charge in [-0.3, -0.25) is 9.59 Å². The predicted octanol–water partition coefficient (Wildman–Crippen LogP) is 1.96. The summed E-state index contributed by atoms with van der Waals surface area (Å²) in [6.45, 7) is 0.277. The Morgan fingerprint density at radius 2 is 1.96 bits per heavy atom. The maximum Gasteiger partial charge on any atom is 0.314 e. The van der Waals surface area contributed by atoms with E-state index >= 15 is 0 Å². The number of anilines is 1. The third-order valence-electron chi connectivity index (χ3n) is 5.46. The molecule has 0 bridgehead atoms. The molecule has 0 unspecified atom stereocenters. The summed E-state index contributed by atoms with van der Waals surface area (Å²) in [6, 6.07) is 12.9. The summed E-state index contributed by atoms with van der Waals surface area (Å²) >= 11 is 0. The summed E-state index contributed by atoms with van der Waals surface area (Å²) < 4.78 is 0. The van der Waals surface area contributed by atoms with E-state index in [0.717, 1.165) is 12.0 Å². The maximum absolute atomic E-state index is 12.8. The van der Waals surface area contributed by atoms with E-state index < -0.39 is 17.5 Å². The van der Waals surface area contributed by atoms with Gasteiger partial charge in [0.1, 0.15) is 11.2 Å². The Labute approximate surface area is 163 Å². The number of carbonyl (C=O) groups excluding carboxylic acids is 1. The zero-order valence-electron chi connectivity index (χ0n) is 15.6. The number of hydrogen-bond acceptors (Lipinski definition) is 5. The Balaban J connectivity index is 1.74. The molecule has 1 aromatic carbocycles. The molecule has 0 aliphatic carbocycles. The lowest BCUT2D eigenvalue weighted by Gasteiger charge is -2.43. The fraction of sp³-hybridized carbons (Fsp3) is 0.381. The van der Waals surface area contributed by atoms with Gasteiger partial charge >= 0.3 is 5.97 Å². The molecule has 2 atom stereocenters. The van der Waals surface area contributed by atoms with Crippen LogP contribution in [0.4, 0.5) is 5.82 Å². The van der Waals surface area contributed by atoms with Crippen molar-refractivity contribution in [2.24, 2.45) is 5.41 Å². The van der Waals surface area contributed by atoms with Gasteiger partial charge in [0.15, 0.2) is 0 Å². The second-order valence-corrected chi connectivity index (χ2v) is 7.30. The minimum absolute atomic E-state index is 0.0263. The van der Waals surface area contributed by atoms with Crippen LogP contribution in [0.2, 0.25) is 0 Å². The van der Waals surface area contributed by atoms with Crippen molar-refractivity contribution >= 4 is 17.7 Å². The number of nitrogens with zero attached hydrogens (tertiary/aromatic N) is 2. The fourth-order valence-electron chi connectivity index (χ4n) is 3.78. The van der Waals surface area contributed by atoms with Crippen molar-refractivity contribution in [3.8, 4) is 0 Å². The van der Waals surface area contributed by atoms with Gasteiger partial charge in [-0.15, -0.1) is 0 Å². The first-order valence-corrected chi connectivity index (χ1v) is 9.38. The molecule has 1 amide bonds. The van der Waals surface area contributed by atoms with Gasteiger partial charge in [0, 0.05) is 19.3 Å². The van der Waals surface area contributed by atoms with E-state index in [2.05, 4.69) is 4.98 Å². The number of likely N-dealkylation sites (tertiary alicyclic amines) is 1. The number of aliphatic hydroxyl groups is 1. The molecule has 1 saturated heterocycles. The van der Waals surface area contributed by atoms with Crippen LogP contribution in [0.15, 0.2) is 48.7 Å². The number of carboxylic acid groups (broad SMARTS) is 1. The fourth-order valence-corrected chi connectivity index (χ4v) is 3.78. The van der Waals surface area contributed by atoms with Gasteiger partial charge in [0.25, 0.3) is 5.91 Å². The molecule has 28 heavy (non-hydrogen) atoms. The Kier molecular flexibility index (Phi) is 5.94. The first-order valence-electron chi connectivity index (χ1n) is 9.38. The zero-order chi connectivity index (χ0) is 20.1. The third-order valence-corrected chi connectivity index (χ3v) is 5.46. The summed E-state index contributed by atoms with van der Waals surface area (Å²) in [7, 11) is 0. The normalized spacial score (nSPS) is 22.0. The largest absolute Gasteiger partial charge is 0.481 e. The van der Waals surface area contributed by atoms with Gasteiger partial charge in [-0.2, -0.15) is 0 Å². The molecule has 0 saturated carbocycles. The number of aliphatic carboxylic acids is 1. The van der Waals surface area contributed by atoms with E-state index in [9.17, 15) is 19.8 Å². The van der Waals surface area contributed by atoms with Crippen molar-refractivity contribution in [3.63, 3.8) is 0 Å². The van der Waals surface area contributed by atoms with Crippen LogP contribution in [0.3, 0.4) is 0 Å². The highest BCUT2D eigenvalue weighted by molar-refractivity contribution is 5.94. The highest BCUT2D eigenvalue weighted by Gasteiger charge is 2.49. The number of nitrogens with two attached hydrogens (primary N) is 1. The zero-order valence-corrected chi connectivity index (χ0v) is 15.6. The number of aromatic nitrogens is 1. The average molecular weight is 383 g/mol. The monoisotopic (exact) mass is 383 g/mol. The number of pyridine rings is 1. The second-order valence-electron chi connectivity index (χ2n) is 7.30. The Bertz CT molecular complexity index is 825. The van der Waals surface area contributed by atoms with E-state index in [0.29, 0.717) is 30.8 Å². The van der Waals surface area contributed by atoms with Crippen LogP contribution >= 0.6 is 0 Å². The molecule has 1 aliphatic heterocycles. The molecule has 2 aromatic rings. The number of aliphatic hydroxyl groups excluding tert-OH is 1. The third kappa shape index (κ3) is 4.14. The van der Waals surface area contributed by atoms with E-state index in [1.54, 1.807) is 6.07 Å². The molecular weight excluding hydrogens is 358 g/mol. The number of hydrogen-bond donors (Lipinski definition) is 3. The molecule has 1 fully saturated rings. The summed E-state index contributed by atoms with van der Waals surface area (Å²) in [4.78, 5) is 30.4. The molecule has 0 radical (unpaired) electrons. The second kappa shape index (κ2) is 8.39. The molecule has 4 N–H and O–H groups in total. The van der Waals surface area contributed by atoms with Crippen LogP contribution in [-0.4, -0.2) is 51.2 Å². The van der Waals surface area contributed by atoms with Gasteiger partial charge in [-0.25, -0.2) is 4.98 Å². The summed E-state index contributed by atoms with van der Waals surface area (Å²) in [5.74, 6) is -1.06. The number of benzene rings is 1. The van der Waals surface area contributed by atoms with Crippen LogP contribution in [0.1, 0.15) is 35.2 Å². The van der Waals surface area contributed by atoms with E-state index in [4.69, 9.17) is 5.73 Å². The van der Waals surface area contributed by atoms with Gasteiger partial charge in [0.05, 0.1) is 11.7 Å². The molecule has 1 aliphatic rings. The van der Waals surface area contributed by atoms with E-state index in [1.807, 2.05) is 30.3 Å². The number of piperidine rings is 1. The maximum atomic E-state index is 12.8. The minimum atomic E-state index is -1.37. The lowest BCUT2D eigenvalue weighted by molar-refractivity contribution is -0.162. The van der Waals surface area contributed by atoms with Crippen LogP contribution in [0.25, 0.3) is 0 Å². The lowest BCUT2D eigenvalue weighted by Crippen LogP contribution is -2.57. The van der Waals surface area contributed by atoms with Crippen LogP contribution in [-0.2, 0) is 11.2 Å². The molecule has 3 rings (SSSR count). The van der Waals surface area contributed by atoms with Crippen LogP contribution < -0.4 is 5.73 Å². The molecule has 7 nitrogen and oxygen atoms in total. The Morgan fingerprint density at radius 1 is 1.21 bits per heavy atom. The number of nitrogen functional groups attached to an aromatic ring is 1. The highest BCUT2D eigenvalue weighted by atomic mass is 16.4. The topological polar surface area (TPSA) is 117 Å². The van der Waals surface area contributed by atoms with Crippen molar-refractivity contribution in [1.82, 2.24) is 9.88 Å². The molecule has 7 heteroatoms. The predicted molar refractivity (Wildman–Crippen MR) is 105 cm³/mol. The van der Waals surface area contributed by atoms with Crippen molar-refractivity contribution in [1.29, 1.82) is 0 Å². The number of amides is 1. The summed E-state index contributed by atoms with van der Waals surface area (Å²) in [6.07, 6.45) is 2.25. The van der Waals surface area contributed by atoms with E-state index in [1.165, 1.54) is 17.2 Å². The number of rotatable bonds is 6. The quantitative estimate of drug-likeness (QED) is 0.702. The SMILES string of the molecule is Nc1ccc(C(=O)N2CC[C@@H](O)[C@](CCCc3ccccc3)(C(=O)O)C2)cn1. The molecule has 0 spiro atoms. The first kappa shape index (κ1) is 19.8. The number of aryl methyl sites for hydroxylation is 1. The van der Waals surface area contributed by atoms with Crippen LogP contribution in [0, 0.1) is 5.41 Å². The minimum Gasteiger partial charge on any atom is -0.481 e.